The van der Waals surface area contributed by atoms with E-state index in [0.29, 0.717) is 5.92 Å². The number of hydrogen-bond donors (Lipinski definition) is 1. The van der Waals surface area contributed by atoms with Crippen LogP contribution in [-0.4, -0.2) is 9.38 Å². The highest BCUT2D eigenvalue weighted by molar-refractivity contribution is 5.51. The van der Waals surface area contributed by atoms with Crippen LogP contribution in [0.25, 0.3) is 5.65 Å². The summed E-state index contributed by atoms with van der Waals surface area (Å²) in [7, 11) is 0. The number of nitrogens with zero attached hydrogens (tertiary/aromatic N) is 2. The van der Waals surface area contributed by atoms with Gasteiger partial charge in [-0.15, -0.1) is 0 Å². The van der Waals surface area contributed by atoms with Crippen LogP contribution in [0, 0.1) is 6.92 Å². The number of nitrogens with two attached hydrogens (primary N) is 1. The first-order valence-corrected chi connectivity index (χ1v) is 4.84. The summed E-state index contributed by atoms with van der Waals surface area (Å²) in [6.07, 6.45) is 0. The van der Waals surface area contributed by atoms with E-state index in [1.807, 2.05) is 22.6 Å². The van der Waals surface area contributed by atoms with Crippen molar-refractivity contribution in [2.75, 3.05) is 5.73 Å². The topological polar surface area (TPSA) is 43.3 Å². The van der Waals surface area contributed by atoms with Gasteiger partial charge in [-0.25, -0.2) is 4.98 Å². The predicted molar refractivity (Wildman–Crippen MR) is 58.4 cm³/mol. The molecule has 0 fully saturated rings. The van der Waals surface area contributed by atoms with E-state index in [1.165, 1.54) is 0 Å². The molecule has 0 radical (unpaired) electrons. The third-order valence-electron chi connectivity index (χ3n) is 2.49. The molecule has 0 aliphatic heterocycles. The fourth-order valence-electron chi connectivity index (χ4n) is 1.83. The Balaban J connectivity index is 2.81. The van der Waals surface area contributed by atoms with Gasteiger partial charge in [0.1, 0.15) is 11.5 Å². The molecule has 0 atom stereocenters. The zero-order valence-electron chi connectivity index (χ0n) is 8.78. The first-order valence-electron chi connectivity index (χ1n) is 4.84. The van der Waals surface area contributed by atoms with Crippen molar-refractivity contribution in [3.05, 3.63) is 29.6 Å². The summed E-state index contributed by atoms with van der Waals surface area (Å²) in [6, 6.07) is 5.81. The molecule has 2 heterocycles. The van der Waals surface area contributed by atoms with Crippen molar-refractivity contribution in [3.63, 3.8) is 0 Å². The monoisotopic (exact) mass is 189 g/mol. The van der Waals surface area contributed by atoms with Gasteiger partial charge in [-0.3, -0.25) is 4.40 Å². The van der Waals surface area contributed by atoms with Crippen molar-refractivity contribution >= 4 is 11.5 Å². The number of aromatic nitrogens is 2. The molecule has 0 amide bonds. The van der Waals surface area contributed by atoms with E-state index in [4.69, 9.17) is 5.73 Å². The second kappa shape index (κ2) is 3.01. The Hall–Kier alpha value is -1.51. The van der Waals surface area contributed by atoms with Crippen molar-refractivity contribution < 1.29 is 0 Å². The van der Waals surface area contributed by atoms with Crippen LogP contribution < -0.4 is 5.73 Å². The highest BCUT2D eigenvalue weighted by Gasteiger charge is 2.11. The molecule has 2 aromatic rings. The van der Waals surface area contributed by atoms with Crippen molar-refractivity contribution in [1.82, 2.24) is 9.38 Å². The standard InChI is InChI=1S/C11H15N3/c1-7(2)11-8(3)14-9(12)5-4-6-10(14)13-11/h4-7H,12H2,1-3H3. The molecule has 2 N–H and O–H groups in total. The number of imidazole rings is 1. The van der Waals surface area contributed by atoms with Gasteiger partial charge in [0.05, 0.1) is 5.69 Å². The number of pyridine rings is 1. The third-order valence-corrected chi connectivity index (χ3v) is 2.49. The largest absolute Gasteiger partial charge is 0.385 e. The van der Waals surface area contributed by atoms with Gasteiger partial charge in [-0.05, 0) is 25.0 Å². The molecule has 0 aromatic carbocycles. The summed E-state index contributed by atoms with van der Waals surface area (Å²) in [4.78, 5) is 4.56. The summed E-state index contributed by atoms with van der Waals surface area (Å²) in [6.45, 7) is 6.35. The second-order valence-corrected chi connectivity index (χ2v) is 3.88. The lowest BCUT2D eigenvalue weighted by molar-refractivity contribution is 0.821. The van der Waals surface area contributed by atoms with E-state index in [1.54, 1.807) is 0 Å². The Kier molecular flexibility index (Phi) is 1.95. The molecular weight excluding hydrogens is 174 g/mol. The van der Waals surface area contributed by atoms with E-state index >= 15 is 0 Å². The van der Waals surface area contributed by atoms with Gasteiger partial charge >= 0.3 is 0 Å². The second-order valence-electron chi connectivity index (χ2n) is 3.88. The van der Waals surface area contributed by atoms with Gasteiger partial charge in [-0.1, -0.05) is 19.9 Å². The number of aryl methyl sites for hydroxylation is 1. The minimum Gasteiger partial charge on any atom is -0.385 e. The maximum absolute atomic E-state index is 5.89. The first kappa shape index (κ1) is 9.06. The average Bonchev–Trinajstić information content (AvgIpc) is 2.45. The van der Waals surface area contributed by atoms with Gasteiger partial charge in [0.25, 0.3) is 0 Å². The van der Waals surface area contributed by atoms with Crippen LogP contribution >= 0.6 is 0 Å². The zero-order chi connectivity index (χ0) is 10.3. The Bertz CT molecular complexity index is 469. The average molecular weight is 189 g/mol. The molecule has 3 nitrogen and oxygen atoms in total. The van der Waals surface area contributed by atoms with Crippen LogP contribution in [0.15, 0.2) is 18.2 Å². The molecule has 0 saturated carbocycles. The maximum Gasteiger partial charge on any atom is 0.138 e. The molecule has 74 valence electrons. The Morgan fingerprint density at radius 3 is 2.64 bits per heavy atom. The van der Waals surface area contributed by atoms with E-state index in [-0.39, 0.29) is 0 Å². The summed E-state index contributed by atoms with van der Waals surface area (Å²) in [5.41, 5.74) is 9.10. The molecule has 0 spiro atoms. The van der Waals surface area contributed by atoms with Crippen LogP contribution in [0.5, 0.6) is 0 Å². The van der Waals surface area contributed by atoms with Crippen LogP contribution in [0.2, 0.25) is 0 Å². The van der Waals surface area contributed by atoms with Crippen molar-refractivity contribution in [3.8, 4) is 0 Å². The van der Waals surface area contributed by atoms with Crippen molar-refractivity contribution in [2.45, 2.75) is 26.7 Å². The first-order chi connectivity index (χ1) is 6.61. The van der Waals surface area contributed by atoms with Gasteiger partial charge in [-0.2, -0.15) is 0 Å². The van der Waals surface area contributed by atoms with Crippen LogP contribution in [0.1, 0.15) is 31.2 Å². The predicted octanol–water partition coefficient (Wildman–Crippen LogP) is 2.35. The van der Waals surface area contributed by atoms with Crippen molar-refractivity contribution in [1.29, 1.82) is 0 Å². The highest BCUT2D eigenvalue weighted by atomic mass is 15.1. The molecule has 14 heavy (non-hydrogen) atoms. The lowest BCUT2D eigenvalue weighted by atomic mass is 10.1. The molecule has 0 saturated heterocycles. The molecule has 0 unspecified atom stereocenters. The Morgan fingerprint density at radius 1 is 1.36 bits per heavy atom. The summed E-state index contributed by atoms with van der Waals surface area (Å²) < 4.78 is 2.00. The molecular formula is C11H15N3. The molecule has 3 heteroatoms. The van der Waals surface area contributed by atoms with Crippen LogP contribution in [0.4, 0.5) is 5.82 Å². The fraction of sp³-hybridized carbons (Fsp3) is 0.364. The number of rotatable bonds is 1. The minimum atomic E-state index is 0.439. The SMILES string of the molecule is Cc1c(C(C)C)nc2cccc(N)n12. The number of nitrogen functional groups attached to an aromatic ring is 1. The van der Waals surface area contributed by atoms with Crippen LogP contribution in [0.3, 0.4) is 0 Å². The number of hydrogen-bond acceptors (Lipinski definition) is 2. The van der Waals surface area contributed by atoms with E-state index in [2.05, 4.69) is 25.8 Å². The van der Waals surface area contributed by atoms with Gasteiger partial charge < -0.3 is 5.73 Å². The van der Waals surface area contributed by atoms with Crippen molar-refractivity contribution in [2.24, 2.45) is 0 Å². The zero-order valence-corrected chi connectivity index (χ0v) is 8.78. The minimum absolute atomic E-state index is 0.439. The number of anilines is 1. The maximum atomic E-state index is 5.89. The molecule has 2 aromatic heterocycles. The smallest absolute Gasteiger partial charge is 0.138 e. The third kappa shape index (κ3) is 1.16. The molecule has 0 aliphatic carbocycles. The molecule has 0 aliphatic rings. The lowest BCUT2D eigenvalue weighted by Crippen LogP contribution is -1.98. The van der Waals surface area contributed by atoms with E-state index < -0.39 is 0 Å². The Labute approximate surface area is 83.6 Å². The van der Waals surface area contributed by atoms with Crippen LogP contribution in [-0.2, 0) is 0 Å². The van der Waals surface area contributed by atoms with E-state index in [9.17, 15) is 0 Å². The summed E-state index contributed by atoms with van der Waals surface area (Å²) in [5, 5.41) is 0. The number of fused-ring (bicyclic) bond motifs is 1. The van der Waals surface area contributed by atoms with E-state index in [0.717, 1.165) is 22.9 Å². The Morgan fingerprint density at radius 2 is 2.07 bits per heavy atom. The molecule has 2 rings (SSSR count). The van der Waals surface area contributed by atoms with Gasteiger partial charge in [0, 0.05) is 5.69 Å². The summed E-state index contributed by atoms with van der Waals surface area (Å²) in [5.74, 6) is 1.19. The van der Waals surface area contributed by atoms with Gasteiger partial charge in [0.2, 0.25) is 0 Å². The fourth-order valence-corrected chi connectivity index (χ4v) is 1.83. The normalized spacial score (nSPS) is 11.4. The quantitative estimate of drug-likeness (QED) is 0.748. The summed E-state index contributed by atoms with van der Waals surface area (Å²) >= 11 is 0. The highest BCUT2D eigenvalue weighted by Crippen LogP contribution is 2.21. The lowest BCUT2D eigenvalue weighted by Gasteiger charge is -2.03. The molecule has 0 bridgehead atoms. The van der Waals surface area contributed by atoms with Gasteiger partial charge in [0.15, 0.2) is 0 Å².